The summed E-state index contributed by atoms with van der Waals surface area (Å²) < 4.78 is 5.13. The maximum atomic E-state index is 12.3. The standard InChI is InChI=1S/C22H23N3O3/c1-13(2)16-5-8-18(9-6-16)25-21(26)12-28-22(27)17-7-10-19-20(11-17)24-15(4)14(3)23-19/h5-11,13H,12H2,1-4H3,(H,25,26). The second-order valence-electron chi connectivity index (χ2n) is 7.00. The first kappa shape index (κ1) is 19.5. The number of amides is 1. The van der Waals surface area contributed by atoms with E-state index in [1.807, 2.05) is 38.1 Å². The second kappa shape index (κ2) is 8.17. The molecule has 6 nitrogen and oxygen atoms in total. The lowest BCUT2D eigenvalue weighted by molar-refractivity contribution is -0.119. The number of rotatable bonds is 5. The summed E-state index contributed by atoms with van der Waals surface area (Å²) >= 11 is 0. The third-order valence-corrected chi connectivity index (χ3v) is 4.51. The molecule has 0 saturated carbocycles. The Morgan fingerprint density at radius 3 is 2.25 bits per heavy atom. The summed E-state index contributed by atoms with van der Waals surface area (Å²) in [5.41, 5.74) is 5.17. The molecule has 0 aliphatic rings. The van der Waals surface area contributed by atoms with Gasteiger partial charge in [0.2, 0.25) is 0 Å². The quantitative estimate of drug-likeness (QED) is 0.675. The maximum Gasteiger partial charge on any atom is 0.338 e. The number of hydrogen-bond acceptors (Lipinski definition) is 5. The zero-order chi connectivity index (χ0) is 20.3. The number of fused-ring (bicyclic) bond motifs is 1. The number of benzene rings is 2. The SMILES string of the molecule is Cc1nc2ccc(C(=O)OCC(=O)Nc3ccc(C(C)C)cc3)cc2nc1C. The van der Waals surface area contributed by atoms with Crippen molar-refractivity contribution in [3.8, 4) is 0 Å². The molecule has 144 valence electrons. The highest BCUT2D eigenvalue weighted by Crippen LogP contribution is 2.17. The number of carbonyl (C=O) groups is 2. The largest absolute Gasteiger partial charge is 0.452 e. The van der Waals surface area contributed by atoms with Crippen LogP contribution in [0.5, 0.6) is 0 Å². The molecule has 0 unspecified atom stereocenters. The van der Waals surface area contributed by atoms with Gasteiger partial charge in [-0.25, -0.2) is 14.8 Å². The Labute approximate surface area is 164 Å². The number of anilines is 1. The average molecular weight is 377 g/mol. The molecule has 0 radical (unpaired) electrons. The highest BCUT2D eigenvalue weighted by Gasteiger charge is 2.12. The molecule has 0 spiro atoms. The topological polar surface area (TPSA) is 81.2 Å². The van der Waals surface area contributed by atoms with Crippen LogP contribution in [-0.4, -0.2) is 28.5 Å². The molecule has 0 fully saturated rings. The second-order valence-corrected chi connectivity index (χ2v) is 7.00. The van der Waals surface area contributed by atoms with Crippen molar-refractivity contribution in [3.63, 3.8) is 0 Å². The first-order chi connectivity index (χ1) is 13.3. The van der Waals surface area contributed by atoms with E-state index >= 15 is 0 Å². The van der Waals surface area contributed by atoms with Crippen LogP contribution in [0.1, 0.15) is 47.1 Å². The van der Waals surface area contributed by atoms with Crippen LogP contribution in [0.25, 0.3) is 11.0 Å². The van der Waals surface area contributed by atoms with E-state index in [1.165, 1.54) is 5.56 Å². The maximum absolute atomic E-state index is 12.3. The molecule has 1 N–H and O–H groups in total. The minimum atomic E-state index is -0.577. The van der Waals surface area contributed by atoms with Crippen LogP contribution in [0.4, 0.5) is 5.69 Å². The molecular weight excluding hydrogens is 354 g/mol. The van der Waals surface area contributed by atoms with Crippen molar-refractivity contribution < 1.29 is 14.3 Å². The number of nitrogens with one attached hydrogen (secondary N) is 1. The van der Waals surface area contributed by atoms with Gasteiger partial charge in [0, 0.05) is 5.69 Å². The van der Waals surface area contributed by atoms with Crippen LogP contribution < -0.4 is 5.32 Å². The molecule has 6 heteroatoms. The van der Waals surface area contributed by atoms with Crippen LogP contribution in [0, 0.1) is 13.8 Å². The van der Waals surface area contributed by atoms with Gasteiger partial charge in [0.05, 0.1) is 28.0 Å². The van der Waals surface area contributed by atoms with Crippen LogP contribution in [0.15, 0.2) is 42.5 Å². The van der Waals surface area contributed by atoms with E-state index in [0.29, 0.717) is 28.2 Å². The zero-order valence-corrected chi connectivity index (χ0v) is 16.4. The number of hydrogen-bond donors (Lipinski definition) is 1. The fourth-order valence-electron chi connectivity index (χ4n) is 2.72. The number of carbonyl (C=O) groups excluding carboxylic acids is 2. The van der Waals surface area contributed by atoms with Gasteiger partial charge in [-0.1, -0.05) is 26.0 Å². The number of esters is 1. The lowest BCUT2D eigenvalue weighted by Crippen LogP contribution is -2.21. The Morgan fingerprint density at radius 2 is 1.61 bits per heavy atom. The van der Waals surface area contributed by atoms with Gasteiger partial charge >= 0.3 is 5.97 Å². The van der Waals surface area contributed by atoms with E-state index in [2.05, 4.69) is 29.1 Å². The molecule has 3 aromatic rings. The molecule has 0 aliphatic heterocycles. The first-order valence-electron chi connectivity index (χ1n) is 9.15. The van der Waals surface area contributed by atoms with Crippen molar-refractivity contribution in [2.45, 2.75) is 33.6 Å². The van der Waals surface area contributed by atoms with E-state index in [1.54, 1.807) is 18.2 Å². The molecule has 0 bridgehead atoms. The van der Waals surface area contributed by atoms with Gasteiger partial charge in [-0.3, -0.25) is 4.79 Å². The van der Waals surface area contributed by atoms with E-state index in [0.717, 1.165) is 11.4 Å². The van der Waals surface area contributed by atoms with Crippen molar-refractivity contribution >= 4 is 28.6 Å². The van der Waals surface area contributed by atoms with Crippen molar-refractivity contribution in [2.24, 2.45) is 0 Å². The van der Waals surface area contributed by atoms with E-state index < -0.39 is 11.9 Å². The molecule has 2 aromatic carbocycles. The lowest BCUT2D eigenvalue weighted by Gasteiger charge is -2.09. The van der Waals surface area contributed by atoms with Gasteiger partial charge in [0.25, 0.3) is 5.91 Å². The number of ether oxygens (including phenoxy) is 1. The smallest absolute Gasteiger partial charge is 0.338 e. The normalized spacial score (nSPS) is 10.9. The molecule has 28 heavy (non-hydrogen) atoms. The van der Waals surface area contributed by atoms with Crippen LogP contribution in [0.3, 0.4) is 0 Å². The Balaban J connectivity index is 1.60. The highest BCUT2D eigenvalue weighted by atomic mass is 16.5. The predicted molar refractivity (Wildman–Crippen MR) is 108 cm³/mol. The van der Waals surface area contributed by atoms with Crippen molar-refractivity contribution in [3.05, 3.63) is 65.0 Å². The summed E-state index contributed by atoms with van der Waals surface area (Å²) in [6.45, 7) is 7.60. The van der Waals surface area contributed by atoms with Crippen molar-refractivity contribution in [1.82, 2.24) is 9.97 Å². The van der Waals surface area contributed by atoms with Crippen molar-refractivity contribution in [2.75, 3.05) is 11.9 Å². The van der Waals surface area contributed by atoms with Gasteiger partial charge in [-0.05, 0) is 55.7 Å². The predicted octanol–water partition coefficient (Wildman–Crippen LogP) is 4.17. The molecule has 0 saturated heterocycles. The van der Waals surface area contributed by atoms with Crippen LogP contribution >= 0.6 is 0 Å². The Bertz CT molecular complexity index is 1030. The molecule has 0 atom stereocenters. The third-order valence-electron chi connectivity index (χ3n) is 4.51. The zero-order valence-electron chi connectivity index (χ0n) is 16.4. The summed E-state index contributed by atoms with van der Waals surface area (Å²) in [6.07, 6.45) is 0. The number of nitrogens with zero attached hydrogens (tertiary/aromatic N) is 2. The van der Waals surface area contributed by atoms with Gasteiger partial charge in [-0.15, -0.1) is 0 Å². The minimum absolute atomic E-state index is 0.333. The molecule has 1 aromatic heterocycles. The molecule has 1 heterocycles. The van der Waals surface area contributed by atoms with Crippen LogP contribution in [-0.2, 0) is 9.53 Å². The summed E-state index contributed by atoms with van der Waals surface area (Å²) in [7, 11) is 0. The van der Waals surface area contributed by atoms with Crippen LogP contribution in [0.2, 0.25) is 0 Å². The van der Waals surface area contributed by atoms with Gasteiger partial charge in [0.1, 0.15) is 0 Å². The summed E-state index contributed by atoms with van der Waals surface area (Å²) in [5.74, 6) is -0.546. The highest BCUT2D eigenvalue weighted by molar-refractivity contribution is 5.97. The first-order valence-corrected chi connectivity index (χ1v) is 9.15. The Morgan fingerprint density at radius 1 is 0.964 bits per heavy atom. The average Bonchev–Trinajstić information content (AvgIpc) is 2.67. The van der Waals surface area contributed by atoms with Crippen molar-refractivity contribution in [1.29, 1.82) is 0 Å². The fraction of sp³-hybridized carbons (Fsp3) is 0.273. The summed E-state index contributed by atoms with van der Waals surface area (Å²) in [4.78, 5) is 33.2. The minimum Gasteiger partial charge on any atom is -0.452 e. The summed E-state index contributed by atoms with van der Waals surface area (Å²) in [6, 6.07) is 12.6. The monoisotopic (exact) mass is 377 g/mol. The summed E-state index contributed by atoms with van der Waals surface area (Å²) in [5, 5.41) is 2.72. The number of aromatic nitrogens is 2. The number of aryl methyl sites for hydroxylation is 2. The Kier molecular flexibility index (Phi) is 5.68. The van der Waals surface area contributed by atoms with Gasteiger partial charge < -0.3 is 10.1 Å². The van der Waals surface area contributed by atoms with E-state index in [9.17, 15) is 9.59 Å². The Hall–Kier alpha value is -3.28. The van der Waals surface area contributed by atoms with Gasteiger partial charge in [-0.2, -0.15) is 0 Å². The molecule has 1 amide bonds. The molecule has 0 aliphatic carbocycles. The van der Waals surface area contributed by atoms with E-state index in [4.69, 9.17) is 4.74 Å². The third kappa shape index (κ3) is 4.52. The molecular formula is C22H23N3O3. The van der Waals surface area contributed by atoms with E-state index in [-0.39, 0.29) is 6.61 Å². The van der Waals surface area contributed by atoms with Gasteiger partial charge in [0.15, 0.2) is 6.61 Å². The fourth-order valence-corrected chi connectivity index (χ4v) is 2.72. The molecule has 3 rings (SSSR count). The lowest BCUT2D eigenvalue weighted by atomic mass is 10.0.